The van der Waals surface area contributed by atoms with E-state index in [-0.39, 0.29) is 17.5 Å². The predicted octanol–water partition coefficient (Wildman–Crippen LogP) is 3.00. The molecular weight excluding hydrogens is 342 g/mol. The Morgan fingerprint density at radius 2 is 1.76 bits per heavy atom. The lowest BCUT2D eigenvalue weighted by Crippen LogP contribution is -2.49. The van der Waals surface area contributed by atoms with Crippen LogP contribution in [0.2, 0.25) is 5.02 Å². The third kappa shape index (κ3) is 5.26. The number of urea groups is 1. The molecule has 25 heavy (non-hydrogen) atoms. The molecule has 1 heterocycles. The van der Waals surface area contributed by atoms with Gasteiger partial charge in [0.1, 0.15) is 5.75 Å². The van der Waals surface area contributed by atoms with Crippen LogP contribution in [0.1, 0.15) is 37.6 Å². The summed E-state index contributed by atoms with van der Waals surface area (Å²) in [6.07, 6.45) is 0.733. The van der Waals surface area contributed by atoms with Crippen molar-refractivity contribution in [2.75, 3.05) is 33.3 Å². The largest absolute Gasteiger partial charge is 0.497 e. The Morgan fingerprint density at radius 3 is 2.36 bits per heavy atom. The molecule has 1 aromatic carbocycles. The number of ether oxygens (including phenoxy) is 1. The number of amides is 3. The maximum atomic E-state index is 12.8. The van der Waals surface area contributed by atoms with Gasteiger partial charge < -0.3 is 19.9 Å². The van der Waals surface area contributed by atoms with Gasteiger partial charge in [0.05, 0.1) is 17.7 Å². The standard InChI is InChI=1S/C18H26ClN3O3/c1-18(2,3)20-17(24)22-9-5-8-21(10-11-22)16(23)14-7-6-13(25-4)12-15(14)19/h6-7,12H,5,8-11H2,1-4H3,(H,20,24). The lowest BCUT2D eigenvalue weighted by molar-refractivity contribution is 0.0762. The summed E-state index contributed by atoms with van der Waals surface area (Å²) in [7, 11) is 1.55. The molecule has 0 unspecified atom stereocenters. The number of hydrogen-bond donors (Lipinski definition) is 1. The van der Waals surface area contributed by atoms with Crippen LogP contribution >= 0.6 is 11.6 Å². The number of carbonyl (C=O) groups excluding carboxylic acids is 2. The van der Waals surface area contributed by atoms with Crippen LogP contribution in [0.4, 0.5) is 4.79 Å². The van der Waals surface area contributed by atoms with Gasteiger partial charge in [-0.2, -0.15) is 0 Å². The summed E-state index contributed by atoms with van der Waals surface area (Å²) < 4.78 is 5.11. The second-order valence-corrected chi connectivity index (χ2v) is 7.57. The van der Waals surface area contributed by atoms with Crippen molar-refractivity contribution in [1.82, 2.24) is 15.1 Å². The maximum Gasteiger partial charge on any atom is 0.317 e. The number of benzene rings is 1. The summed E-state index contributed by atoms with van der Waals surface area (Å²) in [5, 5.41) is 3.33. The zero-order valence-corrected chi connectivity index (χ0v) is 16.0. The molecule has 0 atom stereocenters. The highest BCUT2D eigenvalue weighted by Gasteiger charge is 2.25. The van der Waals surface area contributed by atoms with Crippen molar-refractivity contribution in [3.63, 3.8) is 0 Å². The molecule has 6 nitrogen and oxygen atoms in total. The first-order valence-electron chi connectivity index (χ1n) is 8.41. The highest BCUT2D eigenvalue weighted by atomic mass is 35.5. The Hall–Kier alpha value is -1.95. The second-order valence-electron chi connectivity index (χ2n) is 7.16. The molecule has 0 bridgehead atoms. The van der Waals surface area contributed by atoms with Crippen molar-refractivity contribution in [3.8, 4) is 5.75 Å². The van der Waals surface area contributed by atoms with Crippen molar-refractivity contribution < 1.29 is 14.3 Å². The molecule has 1 N–H and O–H groups in total. The lowest BCUT2D eigenvalue weighted by atomic mass is 10.1. The van der Waals surface area contributed by atoms with E-state index in [4.69, 9.17) is 16.3 Å². The summed E-state index contributed by atoms with van der Waals surface area (Å²) in [6, 6.07) is 4.94. The van der Waals surface area contributed by atoms with Crippen molar-refractivity contribution in [1.29, 1.82) is 0 Å². The van der Waals surface area contributed by atoms with Crippen LogP contribution in [0.15, 0.2) is 18.2 Å². The van der Waals surface area contributed by atoms with Gasteiger partial charge in [0, 0.05) is 31.7 Å². The highest BCUT2D eigenvalue weighted by molar-refractivity contribution is 6.34. The number of methoxy groups -OCH3 is 1. The fourth-order valence-corrected chi connectivity index (χ4v) is 2.94. The lowest BCUT2D eigenvalue weighted by Gasteiger charge is -2.27. The van der Waals surface area contributed by atoms with E-state index < -0.39 is 0 Å². The van der Waals surface area contributed by atoms with Crippen LogP contribution in [0.5, 0.6) is 5.75 Å². The normalized spacial score (nSPS) is 15.6. The summed E-state index contributed by atoms with van der Waals surface area (Å²) >= 11 is 6.21. The molecule has 0 spiro atoms. The Labute approximate surface area is 154 Å². The van der Waals surface area contributed by atoms with Gasteiger partial charge in [0.15, 0.2) is 0 Å². The van der Waals surface area contributed by atoms with Gasteiger partial charge in [0.25, 0.3) is 5.91 Å². The quantitative estimate of drug-likeness (QED) is 0.874. The molecule has 0 radical (unpaired) electrons. The van der Waals surface area contributed by atoms with Crippen LogP contribution in [0, 0.1) is 0 Å². The molecule has 0 aromatic heterocycles. The molecule has 1 saturated heterocycles. The van der Waals surface area contributed by atoms with Crippen LogP contribution in [0.3, 0.4) is 0 Å². The second kappa shape index (κ2) is 7.95. The Balaban J connectivity index is 2.03. The smallest absolute Gasteiger partial charge is 0.317 e. The van der Waals surface area contributed by atoms with Gasteiger partial charge in [-0.25, -0.2) is 4.79 Å². The van der Waals surface area contributed by atoms with Crippen molar-refractivity contribution in [2.45, 2.75) is 32.7 Å². The van der Waals surface area contributed by atoms with Gasteiger partial charge in [-0.15, -0.1) is 0 Å². The first-order chi connectivity index (χ1) is 11.7. The monoisotopic (exact) mass is 367 g/mol. The molecule has 7 heteroatoms. The summed E-state index contributed by atoms with van der Waals surface area (Å²) in [6.45, 7) is 8.06. The zero-order valence-electron chi connectivity index (χ0n) is 15.3. The average molecular weight is 368 g/mol. The number of nitrogens with one attached hydrogen (secondary N) is 1. The first-order valence-corrected chi connectivity index (χ1v) is 8.79. The fourth-order valence-electron chi connectivity index (χ4n) is 2.69. The van der Waals surface area contributed by atoms with E-state index in [0.29, 0.717) is 42.5 Å². The van der Waals surface area contributed by atoms with Gasteiger partial charge in [-0.1, -0.05) is 11.6 Å². The van der Waals surface area contributed by atoms with E-state index in [1.807, 2.05) is 20.8 Å². The number of halogens is 1. The predicted molar refractivity (Wildman–Crippen MR) is 98.4 cm³/mol. The van der Waals surface area contributed by atoms with E-state index in [9.17, 15) is 9.59 Å². The zero-order chi connectivity index (χ0) is 18.6. The van der Waals surface area contributed by atoms with Crippen LogP contribution in [-0.2, 0) is 0 Å². The molecule has 1 aliphatic heterocycles. The molecule has 1 aromatic rings. The van der Waals surface area contributed by atoms with E-state index >= 15 is 0 Å². The van der Waals surface area contributed by atoms with Gasteiger partial charge >= 0.3 is 6.03 Å². The third-order valence-electron chi connectivity index (χ3n) is 3.96. The topological polar surface area (TPSA) is 61.9 Å². The minimum atomic E-state index is -0.282. The number of nitrogens with zero attached hydrogens (tertiary/aromatic N) is 2. The van der Waals surface area contributed by atoms with E-state index in [0.717, 1.165) is 6.42 Å². The van der Waals surface area contributed by atoms with Crippen LogP contribution in [-0.4, -0.2) is 60.6 Å². The summed E-state index contributed by atoms with van der Waals surface area (Å²) in [4.78, 5) is 28.6. The van der Waals surface area contributed by atoms with Crippen molar-refractivity contribution in [2.24, 2.45) is 0 Å². The Morgan fingerprint density at radius 1 is 1.12 bits per heavy atom. The molecule has 2 rings (SSSR count). The van der Waals surface area contributed by atoms with Gasteiger partial charge in [0.2, 0.25) is 0 Å². The molecule has 0 saturated carbocycles. The Kier molecular flexibility index (Phi) is 6.16. The number of carbonyl (C=O) groups is 2. The van der Waals surface area contributed by atoms with E-state index in [1.54, 1.807) is 35.1 Å². The molecule has 1 fully saturated rings. The number of hydrogen-bond acceptors (Lipinski definition) is 3. The van der Waals surface area contributed by atoms with Gasteiger partial charge in [-0.3, -0.25) is 4.79 Å². The van der Waals surface area contributed by atoms with Crippen LogP contribution < -0.4 is 10.1 Å². The van der Waals surface area contributed by atoms with E-state index in [2.05, 4.69) is 5.32 Å². The maximum absolute atomic E-state index is 12.8. The fraction of sp³-hybridized carbons (Fsp3) is 0.556. The molecular formula is C18H26ClN3O3. The molecule has 138 valence electrons. The summed E-state index contributed by atoms with van der Waals surface area (Å²) in [5.41, 5.74) is 0.172. The van der Waals surface area contributed by atoms with Crippen molar-refractivity contribution >= 4 is 23.5 Å². The minimum absolute atomic E-state index is 0.0933. The Bertz CT molecular complexity index is 643. The highest BCUT2D eigenvalue weighted by Crippen LogP contribution is 2.24. The number of rotatable bonds is 2. The average Bonchev–Trinajstić information content (AvgIpc) is 2.78. The molecule has 3 amide bonds. The SMILES string of the molecule is COc1ccc(C(=O)N2CCCN(C(=O)NC(C)(C)C)CC2)c(Cl)c1. The van der Waals surface area contributed by atoms with Crippen LogP contribution in [0.25, 0.3) is 0 Å². The summed E-state index contributed by atoms with van der Waals surface area (Å²) in [5.74, 6) is 0.494. The molecule has 0 aliphatic carbocycles. The first kappa shape index (κ1) is 19.4. The minimum Gasteiger partial charge on any atom is -0.497 e. The van der Waals surface area contributed by atoms with E-state index in [1.165, 1.54) is 0 Å². The van der Waals surface area contributed by atoms with Gasteiger partial charge in [-0.05, 0) is 45.4 Å². The molecule has 1 aliphatic rings. The van der Waals surface area contributed by atoms with Crippen molar-refractivity contribution in [3.05, 3.63) is 28.8 Å². The third-order valence-corrected chi connectivity index (χ3v) is 4.27.